The standard InChI is InChI=1S/C21H33NO2/c1-4-5-6-7-17-8-10-18(11-9-17)16-20(23)24-21(2,3)19-12-14-22-15-13-19/h8-11,19,22H,4-7,12-16H2,1-3H3. The zero-order chi connectivity index (χ0) is 17.4. The van der Waals surface area contributed by atoms with Crippen molar-refractivity contribution in [1.82, 2.24) is 5.32 Å². The fraction of sp³-hybridized carbons (Fsp3) is 0.667. The lowest BCUT2D eigenvalue weighted by molar-refractivity contribution is -0.161. The quantitative estimate of drug-likeness (QED) is 0.571. The average molecular weight is 332 g/mol. The van der Waals surface area contributed by atoms with Crippen molar-refractivity contribution < 1.29 is 9.53 Å². The second-order valence-corrected chi connectivity index (χ2v) is 7.55. The van der Waals surface area contributed by atoms with Crippen LogP contribution in [0.4, 0.5) is 0 Å². The molecule has 0 saturated carbocycles. The Kier molecular flexibility index (Phi) is 7.29. The maximum atomic E-state index is 12.3. The number of esters is 1. The van der Waals surface area contributed by atoms with Crippen molar-refractivity contribution in [3.05, 3.63) is 35.4 Å². The lowest BCUT2D eigenvalue weighted by Crippen LogP contribution is -2.43. The van der Waals surface area contributed by atoms with Crippen LogP contribution in [0.3, 0.4) is 0 Å². The molecule has 0 atom stereocenters. The first-order valence-electron chi connectivity index (χ1n) is 9.51. The molecule has 1 N–H and O–H groups in total. The van der Waals surface area contributed by atoms with Gasteiger partial charge in [-0.25, -0.2) is 0 Å². The Morgan fingerprint density at radius 3 is 2.38 bits per heavy atom. The van der Waals surface area contributed by atoms with Gasteiger partial charge in [-0.2, -0.15) is 0 Å². The van der Waals surface area contributed by atoms with Gasteiger partial charge >= 0.3 is 5.97 Å². The first kappa shape index (κ1) is 19.0. The Bertz CT molecular complexity index is 501. The van der Waals surface area contributed by atoms with Crippen LogP contribution < -0.4 is 5.32 Å². The number of aryl methyl sites for hydroxylation is 1. The summed E-state index contributed by atoms with van der Waals surface area (Å²) >= 11 is 0. The highest BCUT2D eigenvalue weighted by molar-refractivity contribution is 5.73. The minimum absolute atomic E-state index is 0.114. The van der Waals surface area contributed by atoms with E-state index in [9.17, 15) is 4.79 Å². The first-order valence-corrected chi connectivity index (χ1v) is 9.51. The average Bonchev–Trinajstić information content (AvgIpc) is 2.57. The summed E-state index contributed by atoms with van der Waals surface area (Å²) in [6.45, 7) is 8.37. The van der Waals surface area contributed by atoms with Crippen LogP contribution in [-0.2, 0) is 22.4 Å². The fourth-order valence-corrected chi connectivity index (χ4v) is 3.50. The van der Waals surface area contributed by atoms with Gasteiger partial charge in [0.25, 0.3) is 0 Å². The molecule has 0 unspecified atom stereocenters. The van der Waals surface area contributed by atoms with E-state index < -0.39 is 0 Å². The summed E-state index contributed by atoms with van der Waals surface area (Å²) in [5.41, 5.74) is 2.02. The van der Waals surface area contributed by atoms with Gasteiger partial charge in [-0.1, -0.05) is 44.0 Å². The SMILES string of the molecule is CCCCCc1ccc(CC(=O)OC(C)(C)C2CCNCC2)cc1. The van der Waals surface area contributed by atoms with E-state index in [-0.39, 0.29) is 11.6 Å². The third-order valence-electron chi connectivity index (χ3n) is 5.14. The van der Waals surface area contributed by atoms with Crippen LogP contribution in [0.1, 0.15) is 64.0 Å². The second-order valence-electron chi connectivity index (χ2n) is 7.55. The van der Waals surface area contributed by atoms with Gasteiger partial charge in [-0.15, -0.1) is 0 Å². The lowest BCUT2D eigenvalue weighted by Gasteiger charge is -2.36. The van der Waals surface area contributed by atoms with Crippen molar-refractivity contribution in [2.75, 3.05) is 13.1 Å². The largest absolute Gasteiger partial charge is 0.459 e. The van der Waals surface area contributed by atoms with Crippen molar-refractivity contribution in [2.24, 2.45) is 5.92 Å². The molecule has 1 aliphatic rings. The third kappa shape index (κ3) is 5.94. The Hall–Kier alpha value is -1.35. The number of nitrogens with one attached hydrogen (secondary N) is 1. The monoisotopic (exact) mass is 331 g/mol. The minimum Gasteiger partial charge on any atom is -0.459 e. The summed E-state index contributed by atoms with van der Waals surface area (Å²) in [4.78, 5) is 12.3. The van der Waals surface area contributed by atoms with Crippen molar-refractivity contribution in [2.45, 2.75) is 71.3 Å². The van der Waals surface area contributed by atoms with Crippen LogP contribution in [0.5, 0.6) is 0 Å². The third-order valence-corrected chi connectivity index (χ3v) is 5.14. The molecule has 1 aromatic rings. The zero-order valence-electron chi connectivity index (χ0n) is 15.6. The maximum Gasteiger partial charge on any atom is 0.310 e. The fourth-order valence-electron chi connectivity index (χ4n) is 3.50. The summed E-state index contributed by atoms with van der Waals surface area (Å²) in [6.07, 6.45) is 7.41. The summed E-state index contributed by atoms with van der Waals surface area (Å²) in [5.74, 6) is 0.334. The number of unbranched alkanes of at least 4 members (excludes halogenated alkanes) is 2. The molecule has 0 spiro atoms. The predicted octanol–water partition coefficient (Wildman–Crippen LogP) is 4.28. The van der Waals surface area contributed by atoms with Crippen LogP contribution in [0.2, 0.25) is 0 Å². The zero-order valence-corrected chi connectivity index (χ0v) is 15.6. The Morgan fingerprint density at radius 2 is 1.75 bits per heavy atom. The molecule has 1 aliphatic heterocycles. The maximum absolute atomic E-state index is 12.3. The topological polar surface area (TPSA) is 38.3 Å². The number of ether oxygens (including phenoxy) is 1. The number of hydrogen-bond acceptors (Lipinski definition) is 3. The van der Waals surface area contributed by atoms with E-state index in [0.29, 0.717) is 12.3 Å². The molecule has 1 saturated heterocycles. The molecule has 1 heterocycles. The Labute approximate surface area is 147 Å². The highest BCUT2D eigenvalue weighted by Gasteiger charge is 2.33. The molecular weight excluding hydrogens is 298 g/mol. The predicted molar refractivity (Wildman–Crippen MR) is 99.1 cm³/mol. The van der Waals surface area contributed by atoms with Crippen molar-refractivity contribution in [1.29, 1.82) is 0 Å². The molecule has 0 aliphatic carbocycles. The summed E-state index contributed by atoms with van der Waals surface area (Å²) in [5, 5.41) is 3.36. The van der Waals surface area contributed by atoms with E-state index in [0.717, 1.165) is 37.9 Å². The van der Waals surface area contributed by atoms with Gasteiger partial charge in [0.1, 0.15) is 5.60 Å². The number of hydrogen-bond donors (Lipinski definition) is 1. The van der Waals surface area contributed by atoms with Gasteiger partial charge in [-0.3, -0.25) is 4.79 Å². The van der Waals surface area contributed by atoms with Gasteiger partial charge < -0.3 is 10.1 Å². The second kappa shape index (κ2) is 9.22. The molecule has 2 rings (SSSR count). The van der Waals surface area contributed by atoms with E-state index >= 15 is 0 Å². The summed E-state index contributed by atoms with van der Waals surface area (Å²) < 4.78 is 5.82. The highest BCUT2D eigenvalue weighted by Crippen LogP contribution is 2.29. The number of piperidine rings is 1. The lowest BCUT2D eigenvalue weighted by atomic mass is 9.83. The van der Waals surface area contributed by atoms with Crippen molar-refractivity contribution in [3.8, 4) is 0 Å². The molecule has 1 aromatic carbocycles. The minimum atomic E-state index is -0.376. The van der Waals surface area contributed by atoms with E-state index in [1.165, 1.54) is 24.8 Å². The molecule has 1 fully saturated rings. The van der Waals surface area contributed by atoms with Crippen LogP contribution in [-0.4, -0.2) is 24.7 Å². The molecule has 24 heavy (non-hydrogen) atoms. The number of rotatable bonds is 8. The number of benzene rings is 1. The molecule has 0 bridgehead atoms. The van der Waals surface area contributed by atoms with Crippen LogP contribution in [0.25, 0.3) is 0 Å². The first-order chi connectivity index (χ1) is 11.5. The van der Waals surface area contributed by atoms with Gasteiger partial charge in [-0.05, 0) is 63.7 Å². The molecule has 3 heteroatoms. The highest BCUT2D eigenvalue weighted by atomic mass is 16.6. The number of carbonyl (C=O) groups is 1. The normalized spacial score (nSPS) is 16.1. The molecule has 134 valence electrons. The van der Waals surface area contributed by atoms with Crippen LogP contribution >= 0.6 is 0 Å². The van der Waals surface area contributed by atoms with E-state index in [1.807, 2.05) is 0 Å². The van der Waals surface area contributed by atoms with Crippen molar-refractivity contribution >= 4 is 5.97 Å². The molecule has 0 radical (unpaired) electrons. The Balaban J connectivity index is 1.82. The molecular formula is C21H33NO2. The van der Waals surface area contributed by atoms with Crippen LogP contribution in [0.15, 0.2) is 24.3 Å². The van der Waals surface area contributed by atoms with Gasteiger partial charge in [0.15, 0.2) is 0 Å². The number of carbonyl (C=O) groups excluding carboxylic acids is 1. The van der Waals surface area contributed by atoms with E-state index in [2.05, 4.69) is 50.4 Å². The van der Waals surface area contributed by atoms with Gasteiger partial charge in [0, 0.05) is 5.92 Å². The molecule has 0 aromatic heterocycles. The van der Waals surface area contributed by atoms with E-state index in [1.54, 1.807) is 0 Å². The molecule has 0 amide bonds. The molecule has 3 nitrogen and oxygen atoms in total. The summed E-state index contributed by atoms with van der Waals surface area (Å²) in [7, 11) is 0. The van der Waals surface area contributed by atoms with E-state index in [4.69, 9.17) is 4.74 Å². The smallest absolute Gasteiger partial charge is 0.310 e. The van der Waals surface area contributed by atoms with Gasteiger partial charge in [0.05, 0.1) is 6.42 Å². The Morgan fingerprint density at radius 1 is 1.12 bits per heavy atom. The summed E-state index contributed by atoms with van der Waals surface area (Å²) in [6, 6.07) is 8.44. The van der Waals surface area contributed by atoms with Crippen molar-refractivity contribution in [3.63, 3.8) is 0 Å². The van der Waals surface area contributed by atoms with Gasteiger partial charge in [0.2, 0.25) is 0 Å². The van der Waals surface area contributed by atoms with Crippen LogP contribution in [0, 0.1) is 5.92 Å².